The molecule has 0 fully saturated rings. The highest BCUT2D eigenvalue weighted by atomic mass is 79.9. The molecule has 1 heterocycles. The van der Waals surface area contributed by atoms with E-state index in [9.17, 15) is 0 Å². The maximum absolute atomic E-state index is 5.96. The monoisotopic (exact) mass is 316 g/mol. The van der Waals surface area contributed by atoms with Gasteiger partial charge in [-0.15, -0.1) is 21.8 Å². The van der Waals surface area contributed by atoms with E-state index in [-0.39, 0.29) is 5.38 Å². The Morgan fingerprint density at radius 1 is 1.38 bits per heavy atom. The summed E-state index contributed by atoms with van der Waals surface area (Å²) in [5, 5.41) is 9.91. The normalized spacial score (nSPS) is 12.8. The first-order chi connectivity index (χ1) is 7.58. The quantitative estimate of drug-likeness (QED) is 0.758. The summed E-state index contributed by atoms with van der Waals surface area (Å²) in [6.07, 6.45) is 0. The fourth-order valence-electron chi connectivity index (χ4n) is 1.29. The molecule has 0 bridgehead atoms. The summed E-state index contributed by atoms with van der Waals surface area (Å²) in [4.78, 5) is 0. The Balaban J connectivity index is 2.39. The van der Waals surface area contributed by atoms with Crippen LogP contribution in [0.2, 0.25) is 0 Å². The van der Waals surface area contributed by atoms with E-state index in [0.717, 1.165) is 20.1 Å². The summed E-state index contributed by atoms with van der Waals surface area (Å²) in [7, 11) is 0. The van der Waals surface area contributed by atoms with Gasteiger partial charge in [0.25, 0.3) is 0 Å². The summed E-state index contributed by atoms with van der Waals surface area (Å²) < 4.78 is 1.10. The molecule has 1 atom stereocenters. The molecule has 0 spiro atoms. The van der Waals surface area contributed by atoms with Gasteiger partial charge in [-0.3, -0.25) is 0 Å². The van der Waals surface area contributed by atoms with Crippen molar-refractivity contribution in [2.45, 2.75) is 19.2 Å². The number of aryl methyl sites for hydroxylation is 1. The van der Waals surface area contributed by atoms with Gasteiger partial charge in [-0.25, -0.2) is 0 Å². The number of alkyl halides is 1. The van der Waals surface area contributed by atoms with Gasteiger partial charge in [0.2, 0.25) is 0 Å². The van der Waals surface area contributed by atoms with Crippen LogP contribution in [-0.4, -0.2) is 10.2 Å². The van der Waals surface area contributed by atoms with Crippen molar-refractivity contribution >= 4 is 38.9 Å². The van der Waals surface area contributed by atoms with Crippen LogP contribution in [0.4, 0.5) is 0 Å². The van der Waals surface area contributed by atoms with Gasteiger partial charge >= 0.3 is 0 Å². The zero-order valence-corrected chi connectivity index (χ0v) is 12.0. The van der Waals surface area contributed by atoms with Gasteiger partial charge in [-0.1, -0.05) is 33.3 Å². The van der Waals surface area contributed by atoms with E-state index < -0.39 is 0 Å². The predicted molar refractivity (Wildman–Crippen MR) is 72.1 cm³/mol. The maximum Gasteiger partial charge on any atom is 0.147 e. The molecule has 2 nitrogen and oxygen atoms in total. The molecule has 0 aliphatic carbocycles. The van der Waals surface area contributed by atoms with Crippen molar-refractivity contribution in [1.82, 2.24) is 10.2 Å². The second kappa shape index (κ2) is 4.82. The van der Waals surface area contributed by atoms with E-state index in [1.807, 2.05) is 19.1 Å². The molecule has 1 unspecified atom stereocenters. The Kier molecular flexibility index (Phi) is 3.62. The third-order valence-corrected chi connectivity index (χ3v) is 4.57. The minimum atomic E-state index is -0.0807. The smallest absolute Gasteiger partial charge is 0.142 e. The molecule has 1 aromatic heterocycles. The van der Waals surface area contributed by atoms with Crippen molar-refractivity contribution in [3.8, 4) is 10.6 Å². The third-order valence-electron chi connectivity index (χ3n) is 2.19. The fourth-order valence-corrected chi connectivity index (χ4v) is 2.48. The number of hydrogen-bond donors (Lipinski definition) is 0. The molecule has 0 N–H and O–H groups in total. The van der Waals surface area contributed by atoms with Crippen LogP contribution in [0.3, 0.4) is 0 Å². The second-order valence-corrected chi connectivity index (χ2v) is 6.04. The third kappa shape index (κ3) is 2.44. The van der Waals surface area contributed by atoms with Crippen molar-refractivity contribution in [3.05, 3.63) is 33.2 Å². The lowest BCUT2D eigenvalue weighted by Gasteiger charge is -2.00. The van der Waals surface area contributed by atoms with E-state index >= 15 is 0 Å². The van der Waals surface area contributed by atoms with Gasteiger partial charge in [0.1, 0.15) is 10.0 Å². The van der Waals surface area contributed by atoms with Gasteiger partial charge in [0.15, 0.2) is 0 Å². The zero-order chi connectivity index (χ0) is 11.7. The average molecular weight is 318 g/mol. The Labute approximate surface area is 112 Å². The van der Waals surface area contributed by atoms with Crippen LogP contribution in [0.5, 0.6) is 0 Å². The van der Waals surface area contributed by atoms with Gasteiger partial charge in [-0.05, 0) is 31.5 Å². The van der Waals surface area contributed by atoms with E-state index in [0.29, 0.717) is 0 Å². The molecule has 2 rings (SSSR count). The van der Waals surface area contributed by atoms with Crippen molar-refractivity contribution in [3.63, 3.8) is 0 Å². The van der Waals surface area contributed by atoms with Gasteiger partial charge < -0.3 is 0 Å². The molecule has 0 aliphatic heterocycles. The predicted octanol–water partition coefficient (Wildman–Crippen LogP) is 4.58. The van der Waals surface area contributed by atoms with E-state index in [2.05, 4.69) is 39.1 Å². The average Bonchev–Trinajstić information content (AvgIpc) is 2.71. The van der Waals surface area contributed by atoms with Crippen LogP contribution in [0, 0.1) is 6.92 Å². The van der Waals surface area contributed by atoms with Gasteiger partial charge in [-0.2, -0.15) is 0 Å². The molecule has 0 amide bonds. The largest absolute Gasteiger partial charge is 0.147 e. The van der Waals surface area contributed by atoms with E-state index in [1.165, 1.54) is 16.9 Å². The molecule has 2 aromatic rings. The van der Waals surface area contributed by atoms with Crippen LogP contribution in [0.25, 0.3) is 10.6 Å². The Morgan fingerprint density at radius 3 is 2.69 bits per heavy atom. The Bertz CT molecular complexity index is 510. The number of rotatable bonds is 2. The molecule has 0 saturated heterocycles. The number of benzene rings is 1. The number of nitrogens with zero attached hydrogens (tertiary/aromatic N) is 2. The Morgan fingerprint density at radius 2 is 2.12 bits per heavy atom. The highest BCUT2D eigenvalue weighted by Gasteiger charge is 2.11. The summed E-state index contributed by atoms with van der Waals surface area (Å²) in [5.74, 6) is 0. The van der Waals surface area contributed by atoms with Crippen molar-refractivity contribution in [1.29, 1.82) is 0 Å². The first-order valence-electron chi connectivity index (χ1n) is 4.82. The van der Waals surface area contributed by atoms with Crippen molar-refractivity contribution in [2.75, 3.05) is 0 Å². The molecule has 16 heavy (non-hydrogen) atoms. The molecule has 1 aromatic carbocycles. The topological polar surface area (TPSA) is 25.8 Å². The second-order valence-electron chi connectivity index (χ2n) is 3.53. The van der Waals surface area contributed by atoms with Crippen LogP contribution < -0.4 is 0 Å². The summed E-state index contributed by atoms with van der Waals surface area (Å²) >= 11 is 11.0. The molecule has 0 aliphatic rings. The van der Waals surface area contributed by atoms with E-state index in [4.69, 9.17) is 11.6 Å². The fraction of sp³-hybridized carbons (Fsp3) is 0.273. The first-order valence-corrected chi connectivity index (χ1v) is 6.86. The SMILES string of the molecule is Cc1cc(-c2nnc(C(C)Cl)s2)ccc1Br. The summed E-state index contributed by atoms with van der Waals surface area (Å²) in [6, 6.07) is 6.14. The van der Waals surface area contributed by atoms with Gasteiger partial charge in [0.05, 0.1) is 5.38 Å². The molecule has 0 radical (unpaired) electrons. The minimum Gasteiger partial charge on any atom is -0.142 e. The first kappa shape index (κ1) is 12.0. The molecule has 84 valence electrons. The number of halogens is 2. The lowest BCUT2D eigenvalue weighted by atomic mass is 10.1. The van der Waals surface area contributed by atoms with E-state index in [1.54, 1.807) is 0 Å². The van der Waals surface area contributed by atoms with Crippen LogP contribution in [-0.2, 0) is 0 Å². The Hall–Kier alpha value is -0.450. The molecular formula is C11H10BrClN2S. The molecular weight excluding hydrogens is 308 g/mol. The van der Waals surface area contributed by atoms with Crippen LogP contribution in [0.15, 0.2) is 22.7 Å². The molecule has 0 saturated carbocycles. The molecule has 5 heteroatoms. The van der Waals surface area contributed by atoms with Gasteiger partial charge in [0, 0.05) is 10.0 Å². The standard InChI is InChI=1S/C11H10BrClN2S/c1-6-5-8(3-4-9(6)12)11-15-14-10(16-11)7(2)13/h3-5,7H,1-2H3. The lowest BCUT2D eigenvalue weighted by Crippen LogP contribution is -1.81. The number of hydrogen-bond acceptors (Lipinski definition) is 3. The van der Waals surface area contributed by atoms with Crippen molar-refractivity contribution in [2.24, 2.45) is 0 Å². The van der Waals surface area contributed by atoms with Crippen LogP contribution in [0.1, 0.15) is 22.9 Å². The number of aromatic nitrogens is 2. The summed E-state index contributed by atoms with van der Waals surface area (Å²) in [6.45, 7) is 3.96. The summed E-state index contributed by atoms with van der Waals surface area (Å²) in [5.41, 5.74) is 2.27. The highest BCUT2D eigenvalue weighted by Crippen LogP contribution is 2.31. The zero-order valence-electron chi connectivity index (χ0n) is 8.87. The lowest BCUT2D eigenvalue weighted by molar-refractivity contribution is 0.962. The van der Waals surface area contributed by atoms with Crippen LogP contribution >= 0.6 is 38.9 Å². The minimum absolute atomic E-state index is 0.0807. The van der Waals surface area contributed by atoms with Crippen molar-refractivity contribution < 1.29 is 0 Å². The highest BCUT2D eigenvalue weighted by molar-refractivity contribution is 9.10. The maximum atomic E-state index is 5.96.